The fourth-order valence-electron chi connectivity index (χ4n) is 1.54. The predicted molar refractivity (Wildman–Crippen MR) is 63.6 cm³/mol. The van der Waals surface area contributed by atoms with Gasteiger partial charge in [-0.1, -0.05) is 17.5 Å². The number of carbonyl (C=O) groups is 1. The molecule has 2 heterocycles. The normalized spacial score (nSPS) is 9.88. The first-order valence-corrected chi connectivity index (χ1v) is 5.14. The number of carbonyl (C=O) groups excluding carboxylic acids is 1. The van der Waals surface area contributed by atoms with Gasteiger partial charge >= 0.3 is 0 Å². The van der Waals surface area contributed by atoms with Crippen LogP contribution in [0.25, 0.3) is 11.0 Å². The van der Waals surface area contributed by atoms with Gasteiger partial charge in [0.25, 0.3) is 0 Å². The van der Waals surface area contributed by atoms with E-state index in [-0.39, 0.29) is 0 Å². The Morgan fingerprint density at radius 1 is 1.62 bits per heavy atom. The number of aldehydes is 1. The Kier molecular flexibility index (Phi) is 2.93. The highest BCUT2D eigenvalue weighted by molar-refractivity contribution is 6.30. The van der Waals surface area contributed by atoms with Gasteiger partial charge in [0.15, 0.2) is 6.29 Å². The van der Waals surface area contributed by atoms with E-state index < -0.39 is 0 Å². The molecule has 2 rings (SSSR count). The minimum atomic E-state index is 0.319. The third-order valence-electron chi connectivity index (χ3n) is 2.29. The van der Waals surface area contributed by atoms with Crippen molar-refractivity contribution in [2.75, 3.05) is 0 Å². The minimum absolute atomic E-state index is 0.319. The molecule has 0 radical (unpaired) electrons. The van der Waals surface area contributed by atoms with Crippen molar-refractivity contribution < 1.29 is 4.79 Å². The number of hydrogen-bond donors (Lipinski definition) is 0. The quantitative estimate of drug-likeness (QED) is 0.453. The molecule has 0 aliphatic heterocycles. The Labute approximate surface area is 98.0 Å². The summed E-state index contributed by atoms with van der Waals surface area (Å²) in [5.41, 5.74) is 1.25. The number of hydrogen-bond acceptors (Lipinski definition) is 2. The molecular formula is C12H9ClN2O. The molecule has 80 valence electrons. The molecule has 0 atom stereocenters. The zero-order valence-electron chi connectivity index (χ0n) is 8.70. The summed E-state index contributed by atoms with van der Waals surface area (Å²) >= 11 is 5.85. The van der Waals surface area contributed by atoms with Gasteiger partial charge in [0.05, 0.1) is 6.54 Å². The predicted octanol–water partition coefficient (Wildman–Crippen LogP) is 2.53. The molecule has 0 bridgehead atoms. The van der Waals surface area contributed by atoms with E-state index in [9.17, 15) is 4.79 Å². The van der Waals surface area contributed by atoms with Crippen LogP contribution in [0.1, 0.15) is 17.3 Å². The standard InChI is InChI=1S/C12H9ClN2O/c1-2-3-5-15-6-4-10-9(8-16)7-11(13)14-12(10)15/h4,6-8H,5H2,1H3. The summed E-state index contributed by atoms with van der Waals surface area (Å²) < 4.78 is 1.87. The third kappa shape index (κ3) is 1.80. The van der Waals surface area contributed by atoms with Crippen molar-refractivity contribution in [3.63, 3.8) is 0 Å². The van der Waals surface area contributed by atoms with Crippen molar-refractivity contribution in [3.8, 4) is 11.8 Å². The molecule has 4 heteroatoms. The maximum absolute atomic E-state index is 10.9. The van der Waals surface area contributed by atoms with Crippen molar-refractivity contribution >= 4 is 28.9 Å². The van der Waals surface area contributed by atoms with E-state index in [1.807, 2.05) is 16.8 Å². The van der Waals surface area contributed by atoms with Crippen LogP contribution < -0.4 is 0 Å². The average molecular weight is 233 g/mol. The molecule has 0 fully saturated rings. The van der Waals surface area contributed by atoms with E-state index in [1.165, 1.54) is 0 Å². The highest BCUT2D eigenvalue weighted by atomic mass is 35.5. The van der Waals surface area contributed by atoms with E-state index in [4.69, 9.17) is 11.6 Å². The Hall–Kier alpha value is -1.79. The van der Waals surface area contributed by atoms with E-state index >= 15 is 0 Å². The van der Waals surface area contributed by atoms with Crippen molar-refractivity contribution in [1.29, 1.82) is 0 Å². The van der Waals surface area contributed by atoms with Crippen molar-refractivity contribution in [3.05, 3.63) is 29.0 Å². The molecule has 3 nitrogen and oxygen atoms in total. The first-order chi connectivity index (χ1) is 7.76. The molecule has 0 spiro atoms. The second kappa shape index (κ2) is 4.38. The number of pyridine rings is 1. The van der Waals surface area contributed by atoms with E-state index in [1.54, 1.807) is 13.0 Å². The summed E-state index contributed by atoms with van der Waals surface area (Å²) in [6.45, 7) is 2.33. The lowest BCUT2D eigenvalue weighted by Gasteiger charge is -2.00. The van der Waals surface area contributed by atoms with Crippen LogP contribution in [0.4, 0.5) is 0 Å². The number of rotatable bonds is 2. The summed E-state index contributed by atoms with van der Waals surface area (Å²) in [4.78, 5) is 15.1. The van der Waals surface area contributed by atoms with E-state index in [2.05, 4.69) is 16.8 Å². The van der Waals surface area contributed by atoms with Crippen LogP contribution in [-0.2, 0) is 6.54 Å². The lowest BCUT2D eigenvalue weighted by Crippen LogP contribution is -1.96. The molecular weight excluding hydrogens is 224 g/mol. The molecule has 0 unspecified atom stereocenters. The van der Waals surface area contributed by atoms with Gasteiger partial charge in [-0.2, -0.15) is 0 Å². The monoisotopic (exact) mass is 232 g/mol. The highest BCUT2D eigenvalue weighted by Crippen LogP contribution is 2.20. The fraction of sp³-hybridized carbons (Fsp3) is 0.167. The van der Waals surface area contributed by atoms with Crippen LogP contribution in [0, 0.1) is 11.8 Å². The van der Waals surface area contributed by atoms with Crippen molar-refractivity contribution in [2.45, 2.75) is 13.5 Å². The van der Waals surface area contributed by atoms with Crippen LogP contribution in [-0.4, -0.2) is 15.8 Å². The van der Waals surface area contributed by atoms with Crippen molar-refractivity contribution in [2.24, 2.45) is 0 Å². The highest BCUT2D eigenvalue weighted by Gasteiger charge is 2.07. The number of halogens is 1. The zero-order valence-corrected chi connectivity index (χ0v) is 9.45. The van der Waals surface area contributed by atoms with E-state index in [0.29, 0.717) is 22.9 Å². The molecule has 0 amide bonds. The average Bonchev–Trinajstić information content (AvgIpc) is 2.68. The summed E-state index contributed by atoms with van der Waals surface area (Å²) in [7, 11) is 0. The third-order valence-corrected chi connectivity index (χ3v) is 2.48. The molecule has 0 aliphatic carbocycles. The molecule has 0 saturated heterocycles. The van der Waals surface area contributed by atoms with Gasteiger partial charge in [0.1, 0.15) is 10.8 Å². The van der Waals surface area contributed by atoms with Gasteiger partial charge in [0.2, 0.25) is 0 Å². The van der Waals surface area contributed by atoms with Gasteiger partial charge in [-0.25, -0.2) is 4.98 Å². The second-order valence-electron chi connectivity index (χ2n) is 3.26. The number of aromatic nitrogens is 2. The van der Waals surface area contributed by atoms with Gasteiger partial charge in [-0.05, 0) is 19.1 Å². The number of nitrogens with zero attached hydrogens (tertiary/aromatic N) is 2. The second-order valence-corrected chi connectivity index (χ2v) is 3.65. The molecule has 16 heavy (non-hydrogen) atoms. The SMILES string of the molecule is CC#CCn1ccc2c(C=O)cc(Cl)nc21. The van der Waals surface area contributed by atoms with Gasteiger partial charge in [-0.3, -0.25) is 4.79 Å². The van der Waals surface area contributed by atoms with Gasteiger partial charge in [0, 0.05) is 17.1 Å². The van der Waals surface area contributed by atoms with Crippen molar-refractivity contribution in [1.82, 2.24) is 9.55 Å². The summed E-state index contributed by atoms with van der Waals surface area (Å²) in [6.07, 6.45) is 2.64. The number of fused-ring (bicyclic) bond motifs is 1. The smallest absolute Gasteiger partial charge is 0.150 e. The minimum Gasteiger partial charge on any atom is -0.321 e. The lowest BCUT2D eigenvalue weighted by atomic mass is 10.2. The van der Waals surface area contributed by atoms with E-state index in [0.717, 1.165) is 11.7 Å². The zero-order chi connectivity index (χ0) is 11.5. The maximum Gasteiger partial charge on any atom is 0.150 e. The summed E-state index contributed by atoms with van der Waals surface area (Å²) in [5, 5.41) is 1.12. The molecule has 0 aromatic carbocycles. The molecule has 0 aliphatic rings. The van der Waals surface area contributed by atoms with Crippen LogP contribution in [0.5, 0.6) is 0 Å². The molecule has 0 saturated carbocycles. The first kappa shape index (κ1) is 10.7. The largest absolute Gasteiger partial charge is 0.321 e. The Morgan fingerprint density at radius 2 is 2.44 bits per heavy atom. The van der Waals surface area contributed by atoms with Crippen LogP contribution in [0.2, 0.25) is 5.15 Å². The fourth-order valence-corrected chi connectivity index (χ4v) is 1.74. The Morgan fingerprint density at radius 3 is 3.12 bits per heavy atom. The Balaban J connectivity index is 2.65. The topological polar surface area (TPSA) is 34.9 Å². The van der Waals surface area contributed by atoms with Crippen LogP contribution in [0.3, 0.4) is 0 Å². The summed E-state index contributed by atoms with van der Waals surface area (Å²) in [5.74, 6) is 5.75. The van der Waals surface area contributed by atoms with Gasteiger partial charge in [-0.15, -0.1) is 5.92 Å². The van der Waals surface area contributed by atoms with Crippen LogP contribution >= 0.6 is 11.6 Å². The van der Waals surface area contributed by atoms with Gasteiger partial charge < -0.3 is 4.57 Å². The molecule has 2 aromatic rings. The maximum atomic E-state index is 10.9. The lowest BCUT2D eigenvalue weighted by molar-refractivity contribution is 0.112. The Bertz CT molecular complexity index is 604. The molecule has 0 N–H and O–H groups in total. The molecule has 2 aromatic heterocycles. The summed E-state index contributed by atoms with van der Waals surface area (Å²) in [6, 6.07) is 3.41. The van der Waals surface area contributed by atoms with Crippen LogP contribution in [0.15, 0.2) is 18.3 Å². The first-order valence-electron chi connectivity index (χ1n) is 4.76.